The lowest BCUT2D eigenvalue weighted by atomic mass is 9.99. The van der Waals surface area contributed by atoms with Crippen LogP contribution in [0.4, 0.5) is 0 Å². The molecule has 0 aliphatic carbocycles. The molecule has 92 valence electrons. The van der Waals surface area contributed by atoms with Gasteiger partial charge in [0.25, 0.3) is 0 Å². The van der Waals surface area contributed by atoms with Crippen LogP contribution in [0.15, 0.2) is 0 Å². The number of carbonyl (C=O) groups is 1. The Balaban J connectivity index is 1.74. The van der Waals surface area contributed by atoms with Gasteiger partial charge in [0, 0.05) is 18.4 Å². The lowest BCUT2D eigenvalue weighted by Gasteiger charge is -2.25. The maximum atomic E-state index is 11.9. The molecular formula is C11H20N2O2S. The van der Waals surface area contributed by atoms with E-state index in [0.717, 1.165) is 6.54 Å². The van der Waals surface area contributed by atoms with Gasteiger partial charge in [0.1, 0.15) is 5.54 Å². The van der Waals surface area contributed by atoms with Gasteiger partial charge in [-0.2, -0.15) is 11.8 Å². The Hall–Kier alpha value is -0.260. The molecule has 0 aromatic rings. The van der Waals surface area contributed by atoms with Gasteiger partial charge in [-0.3, -0.25) is 4.79 Å². The van der Waals surface area contributed by atoms with Gasteiger partial charge in [-0.1, -0.05) is 6.42 Å². The molecule has 0 saturated carbocycles. The quantitative estimate of drug-likeness (QED) is 0.759. The van der Waals surface area contributed by atoms with Crippen LogP contribution in [0.2, 0.25) is 0 Å². The Morgan fingerprint density at radius 2 is 2.44 bits per heavy atom. The topological polar surface area (TPSA) is 64.4 Å². The Morgan fingerprint density at radius 3 is 3.06 bits per heavy atom. The van der Waals surface area contributed by atoms with Gasteiger partial charge in [0.2, 0.25) is 5.91 Å². The van der Waals surface area contributed by atoms with Gasteiger partial charge in [-0.15, -0.1) is 0 Å². The smallest absolute Gasteiger partial charge is 0.242 e. The van der Waals surface area contributed by atoms with Crippen molar-refractivity contribution in [2.75, 3.05) is 25.5 Å². The van der Waals surface area contributed by atoms with Crippen molar-refractivity contribution in [2.45, 2.75) is 36.5 Å². The highest BCUT2D eigenvalue weighted by Gasteiger charge is 2.38. The fourth-order valence-corrected chi connectivity index (χ4v) is 3.35. The van der Waals surface area contributed by atoms with E-state index in [1.807, 2.05) is 11.8 Å². The molecule has 0 aromatic heterocycles. The lowest BCUT2D eigenvalue weighted by molar-refractivity contribution is -0.126. The molecule has 2 heterocycles. The second kappa shape index (κ2) is 5.38. The molecule has 3 N–H and O–H groups in total. The van der Waals surface area contributed by atoms with Gasteiger partial charge in [0.15, 0.2) is 0 Å². The van der Waals surface area contributed by atoms with Crippen LogP contribution in [0.25, 0.3) is 0 Å². The van der Waals surface area contributed by atoms with E-state index in [9.17, 15) is 4.79 Å². The summed E-state index contributed by atoms with van der Waals surface area (Å²) < 4.78 is 5.18. The number of ether oxygens (including phenoxy) is 1. The fourth-order valence-electron chi connectivity index (χ4n) is 2.11. The average Bonchev–Trinajstić information content (AvgIpc) is 2.76. The van der Waals surface area contributed by atoms with Crippen LogP contribution < -0.4 is 11.1 Å². The van der Waals surface area contributed by atoms with E-state index in [2.05, 4.69) is 5.32 Å². The average molecular weight is 244 g/mol. The molecule has 2 aliphatic rings. The number of amides is 1. The fraction of sp³-hybridized carbons (Fsp3) is 0.909. The van der Waals surface area contributed by atoms with Crippen LogP contribution in [-0.4, -0.2) is 42.2 Å². The van der Waals surface area contributed by atoms with E-state index >= 15 is 0 Å². The Morgan fingerprint density at radius 1 is 1.56 bits per heavy atom. The predicted octanol–water partition coefficient (Wildman–Crippen LogP) is 0.506. The van der Waals surface area contributed by atoms with Gasteiger partial charge in [0.05, 0.1) is 6.61 Å². The molecule has 1 amide bonds. The summed E-state index contributed by atoms with van der Waals surface area (Å²) in [7, 11) is 0. The van der Waals surface area contributed by atoms with E-state index in [1.165, 1.54) is 25.0 Å². The molecular weight excluding hydrogens is 224 g/mol. The molecule has 4 nitrogen and oxygen atoms in total. The molecule has 0 bridgehead atoms. The summed E-state index contributed by atoms with van der Waals surface area (Å²) in [6.07, 6.45) is 4.43. The normalized spacial score (nSPS) is 34.9. The summed E-state index contributed by atoms with van der Waals surface area (Å²) in [5, 5.41) is 3.54. The second-order valence-electron chi connectivity index (χ2n) is 4.66. The Kier molecular flexibility index (Phi) is 4.10. The van der Waals surface area contributed by atoms with Gasteiger partial charge in [-0.05, 0) is 25.0 Å². The van der Waals surface area contributed by atoms with Crippen molar-refractivity contribution < 1.29 is 9.53 Å². The summed E-state index contributed by atoms with van der Waals surface area (Å²) in [4.78, 5) is 11.9. The molecule has 2 saturated heterocycles. The molecule has 16 heavy (non-hydrogen) atoms. The molecule has 0 aromatic carbocycles. The van der Waals surface area contributed by atoms with Crippen LogP contribution in [0.3, 0.4) is 0 Å². The molecule has 2 rings (SSSR count). The van der Waals surface area contributed by atoms with Crippen LogP contribution in [-0.2, 0) is 9.53 Å². The van der Waals surface area contributed by atoms with Crippen molar-refractivity contribution >= 4 is 17.7 Å². The first-order valence-electron chi connectivity index (χ1n) is 5.97. The van der Waals surface area contributed by atoms with Crippen LogP contribution in [0.5, 0.6) is 0 Å². The summed E-state index contributed by atoms with van der Waals surface area (Å²) in [5.41, 5.74) is 5.20. The third kappa shape index (κ3) is 2.90. The molecule has 2 unspecified atom stereocenters. The third-order valence-electron chi connectivity index (χ3n) is 3.27. The first-order chi connectivity index (χ1) is 7.71. The minimum Gasteiger partial charge on any atom is -0.379 e. The lowest BCUT2D eigenvalue weighted by Crippen LogP contribution is -2.55. The zero-order valence-electron chi connectivity index (χ0n) is 9.54. The Bertz CT molecular complexity index is 248. The molecule has 2 fully saturated rings. The van der Waals surface area contributed by atoms with Crippen molar-refractivity contribution in [1.82, 2.24) is 5.32 Å². The molecule has 0 spiro atoms. The molecule has 5 heteroatoms. The first-order valence-corrected chi connectivity index (χ1v) is 7.02. The van der Waals surface area contributed by atoms with Crippen LogP contribution in [0.1, 0.15) is 25.7 Å². The SMILES string of the molecule is NC1(C(=O)NCC2CCCCS2)CCOC1. The zero-order valence-corrected chi connectivity index (χ0v) is 10.4. The summed E-state index contributed by atoms with van der Waals surface area (Å²) in [6, 6.07) is 0. The summed E-state index contributed by atoms with van der Waals surface area (Å²) >= 11 is 1.96. The summed E-state index contributed by atoms with van der Waals surface area (Å²) in [6.45, 7) is 1.71. The molecule has 0 radical (unpaired) electrons. The predicted molar refractivity (Wildman–Crippen MR) is 65.5 cm³/mol. The maximum Gasteiger partial charge on any atom is 0.242 e. The number of hydrogen-bond acceptors (Lipinski definition) is 4. The van der Waals surface area contributed by atoms with E-state index in [4.69, 9.17) is 10.5 Å². The number of nitrogens with one attached hydrogen (secondary N) is 1. The standard InChI is InChI=1S/C11H20N2O2S/c12-11(4-5-15-8-11)10(14)13-7-9-3-1-2-6-16-9/h9H,1-8,12H2,(H,13,14). The first kappa shape index (κ1) is 12.2. The monoisotopic (exact) mass is 244 g/mol. The van der Waals surface area contributed by atoms with E-state index in [1.54, 1.807) is 0 Å². The van der Waals surface area contributed by atoms with Crippen molar-refractivity contribution in [3.8, 4) is 0 Å². The van der Waals surface area contributed by atoms with Crippen molar-refractivity contribution in [2.24, 2.45) is 5.73 Å². The second-order valence-corrected chi connectivity index (χ2v) is 6.07. The maximum absolute atomic E-state index is 11.9. The number of thioether (sulfide) groups is 1. The summed E-state index contributed by atoms with van der Waals surface area (Å²) in [5.74, 6) is 1.17. The van der Waals surface area contributed by atoms with E-state index < -0.39 is 5.54 Å². The van der Waals surface area contributed by atoms with Crippen molar-refractivity contribution in [3.05, 3.63) is 0 Å². The number of carbonyl (C=O) groups excluding carboxylic acids is 1. The zero-order chi connectivity index (χ0) is 11.4. The van der Waals surface area contributed by atoms with E-state index in [-0.39, 0.29) is 5.91 Å². The minimum absolute atomic E-state index is 0.0452. The molecule has 2 atom stereocenters. The van der Waals surface area contributed by atoms with Crippen LogP contribution in [0, 0.1) is 0 Å². The largest absolute Gasteiger partial charge is 0.379 e. The third-order valence-corrected chi connectivity index (χ3v) is 4.67. The van der Waals surface area contributed by atoms with Gasteiger partial charge >= 0.3 is 0 Å². The minimum atomic E-state index is -0.778. The van der Waals surface area contributed by atoms with Gasteiger partial charge in [-0.25, -0.2) is 0 Å². The van der Waals surface area contributed by atoms with Crippen molar-refractivity contribution in [1.29, 1.82) is 0 Å². The van der Waals surface area contributed by atoms with Gasteiger partial charge < -0.3 is 15.8 Å². The highest BCUT2D eigenvalue weighted by atomic mass is 32.2. The van der Waals surface area contributed by atoms with Crippen LogP contribution >= 0.6 is 11.8 Å². The van der Waals surface area contributed by atoms with Crippen molar-refractivity contribution in [3.63, 3.8) is 0 Å². The highest BCUT2D eigenvalue weighted by molar-refractivity contribution is 7.99. The Labute approximate surface area is 101 Å². The number of rotatable bonds is 3. The highest BCUT2D eigenvalue weighted by Crippen LogP contribution is 2.24. The number of hydrogen-bond donors (Lipinski definition) is 2. The molecule has 2 aliphatic heterocycles. The number of nitrogens with two attached hydrogens (primary N) is 1. The van der Waals surface area contributed by atoms with E-state index in [0.29, 0.717) is 24.9 Å².